The van der Waals surface area contributed by atoms with Crippen LogP contribution in [0.2, 0.25) is 0 Å². The molecular formula is C10H17N3O. The van der Waals surface area contributed by atoms with E-state index in [0.29, 0.717) is 18.8 Å². The third kappa shape index (κ3) is 3.28. The van der Waals surface area contributed by atoms with E-state index in [1.54, 1.807) is 17.9 Å². The molecule has 4 heteroatoms. The van der Waals surface area contributed by atoms with Gasteiger partial charge in [-0.2, -0.15) is 0 Å². The normalized spacial score (nSPS) is 12.8. The molecule has 0 saturated heterocycles. The Balaban J connectivity index is 2.41. The number of hydrogen-bond donors (Lipinski definition) is 0. The van der Waals surface area contributed by atoms with Crippen LogP contribution in [0.4, 0.5) is 0 Å². The molecule has 1 heterocycles. The molecule has 1 atom stereocenters. The van der Waals surface area contributed by atoms with Gasteiger partial charge in [-0.15, -0.1) is 5.10 Å². The molecule has 0 amide bonds. The summed E-state index contributed by atoms with van der Waals surface area (Å²) in [6.45, 7) is 4.19. The fraction of sp³-hybridized carbons (Fsp3) is 0.700. The summed E-state index contributed by atoms with van der Waals surface area (Å²) in [5.74, 6) is 0.721. The van der Waals surface area contributed by atoms with Gasteiger partial charge < -0.3 is 0 Å². The maximum atomic E-state index is 11.5. The number of nitrogens with zero attached hydrogens (tertiary/aromatic N) is 3. The monoisotopic (exact) mass is 195 g/mol. The first-order chi connectivity index (χ1) is 6.61. The first kappa shape index (κ1) is 10.9. The molecule has 78 valence electrons. The van der Waals surface area contributed by atoms with Crippen molar-refractivity contribution in [1.29, 1.82) is 0 Å². The molecule has 0 spiro atoms. The number of carbonyl (C=O) groups is 1. The summed E-state index contributed by atoms with van der Waals surface area (Å²) in [5, 5.41) is 7.66. The number of carbonyl (C=O) groups excluding carboxylic acids is 1. The van der Waals surface area contributed by atoms with Gasteiger partial charge in [0.2, 0.25) is 0 Å². The Morgan fingerprint density at radius 3 is 2.86 bits per heavy atom. The summed E-state index contributed by atoms with van der Waals surface area (Å²) in [6.07, 6.45) is 3.89. The Kier molecular flexibility index (Phi) is 3.80. The van der Waals surface area contributed by atoms with Crippen LogP contribution in [0.15, 0.2) is 6.20 Å². The molecule has 0 N–H and O–H groups in total. The van der Waals surface area contributed by atoms with Crippen LogP contribution in [0.1, 0.15) is 32.4 Å². The smallest absolute Gasteiger partial charge is 0.139 e. The lowest BCUT2D eigenvalue weighted by Crippen LogP contribution is -2.08. The van der Waals surface area contributed by atoms with E-state index >= 15 is 0 Å². The van der Waals surface area contributed by atoms with Gasteiger partial charge in [0.05, 0.1) is 12.1 Å². The number of hydrogen-bond acceptors (Lipinski definition) is 3. The summed E-state index contributed by atoms with van der Waals surface area (Å²) in [7, 11) is 1.80. The highest BCUT2D eigenvalue weighted by atomic mass is 16.1. The van der Waals surface area contributed by atoms with Crippen LogP contribution in [0, 0.1) is 5.92 Å². The second-order valence-corrected chi connectivity index (χ2v) is 3.82. The van der Waals surface area contributed by atoms with E-state index in [0.717, 1.165) is 12.1 Å². The average Bonchev–Trinajstić information content (AvgIpc) is 2.50. The molecular weight excluding hydrogens is 178 g/mol. The van der Waals surface area contributed by atoms with E-state index in [1.807, 2.05) is 0 Å². The maximum Gasteiger partial charge on any atom is 0.139 e. The van der Waals surface area contributed by atoms with E-state index < -0.39 is 0 Å². The van der Waals surface area contributed by atoms with Gasteiger partial charge in [-0.1, -0.05) is 25.5 Å². The van der Waals surface area contributed by atoms with E-state index in [2.05, 4.69) is 24.2 Å². The van der Waals surface area contributed by atoms with Gasteiger partial charge in [-0.3, -0.25) is 9.48 Å². The van der Waals surface area contributed by atoms with E-state index in [1.165, 1.54) is 0 Å². The molecule has 1 unspecified atom stereocenters. The van der Waals surface area contributed by atoms with Crippen LogP contribution in [-0.4, -0.2) is 20.8 Å². The summed E-state index contributed by atoms with van der Waals surface area (Å²) < 4.78 is 1.62. The summed E-state index contributed by atoms with van der Waals surface area (Å²) in [5.41, 5.74) is 0.765. The van der Waals surface area contributed by atoms with Crippen molar-refractivity contribution >= 4 is 5.78 Å². The molecule has 0 fully saturated rings. The topological polar surface area (TPSA) is 47.8 Å². The van der Waals surface area contributed by atoms with Crippen molar-refractivity contribution in [1.82, 2.24) is 15.0 Å². The number of aromatic nitrogens is 3. The molecule has 1 rings (SSSR count). The fourth-order valence-electron chi connectivity index (χ4n) is 1.28. The van der Waals surface area contributed by atoms with Gasteiger partial charge in [0, 0.05) is 19.7 Å². The van der Waals surface area contributed by atoms with Gasteiger partial charge in [0.1, 0.15) is 5.78 Å². The second-order valence-electron chi connectivity index (χ2n) is 3.82. The number of ketones is 1. The summed E-state index contributed by atoms with van der Waals surface area (Å²) in [6, 6.07) is 0. The van der Waals surface area contributed by atoms with Crippen molar-refractivity contribution in [3.8, 4) is 0 Å². The van der Waals surface area contributed by atoms with Crippen LogP contribution < -0.4 is 0 Å². The zero-order valence-corrected chi connectivity index (χ0v) is 9.03. The van der Waals surface area contributed by atoms with Crippen LogP contribution in [0.25, 0.3) is 0 Å². The average molecular weight is 195 g/mol. The lowest BCUT2D eigenvalue weighted by atomic mass is 10.00. The maximum absolute atomic E-state index is 11.5. The molecule has 0 aliphatic rings. The number of Topliss-reactive ketones (excluding diaryl/α,β-unsaturated/α-hetero) is 1. The quantitative estimate of drug-likeness (QED) is 0.712. The molecule has 0 aromatic carbocycles. The number of rotatable bonds is 5. The Labute approximate surface area is 84.3 Å². The van der Waals surface area contributed by atoms with E-state index in [9.17, 15) is 4.79 Å². The van der Waals surface area contributed by atoms with E-state index in [4.69, 9.17) is 0 Å². The SMILES string of the molecule is CCC(C)CC(=O)Cc1cn(C)nn1. The lowest BCUT2D eigenvalue weighted by molar-refractivity contribution is -0.119. The number of aryl methyl sites for hydroxylation is 1. The predicted octanol–water partition coefficient (Wildman–Crippen LogP) is 1.36. The van der Waals surface area contributed by atoms with Gasteiger partial charge >= 0.3 is 0 Å². The van der Waals surface area contributed by atoms with Gasteiger partial charge in [-0.25, -0.2) is 0 Å². The molecule has 0 bridgehead atoms. The summed E-state index contributed by atoms with van der Waals surface area (Å²) in [4.78, 5) is 11.5. The predicted molar refractivity (Wildman–Crippen MR) is 53.8 cm³/mol. The molecule has 1 aromatic heterocycles. The Hall–Kier alpha value is -1.19. The highest BCUT2D eigenvalue weighted by molar-refractivity contribution is 5.80. The Morgan fingerprint density at radius 1 is 1.64 bits per heavy atom. The Bertz CT molecular complexity index is 306. The zero-order valence-electron chi connectivity index (χ0n) is 9.03. The van der Waals surface area contributed by atoms with E-state index in [-0.39, 0.29) is 5.78 Å². The van der Waals surface area contributed by atoms with Gasteiger partial charge in [0.25, 0.3) is 0 Å². The van der Waals surface area contributed by atoms with Crippen LogP contribution in [0.3, 0.4) is 0 Å². The fourth-order valence-corrected chi connectivity index (χ4v) is 1.28. The lowest BCUT2D eigenvalue weighted by Gasteiger charge is -2.05. The second kappa shape index (κ2) is 4.88. The van der Waals surface area contributed by atoms with Crippen molar-refractivity contribution in [2.24, 2.45) is 13.0 Å². The minimum absolute atomic E-state index is 0.250. The van der Waals surface area contributed by atoms with Crippen molar-refractivity contribution in [3.63, 3.8) is 0 Å². The standard InChI is InChI=1S/C10H17N3O/c1-4-8(2)5-10(14)6-9-7-13(3)12-11-9/h7-8H,4-6H2,1-3H3. The van der Waals surface area contributed by atoms with Crippen LogP contribution in [-0.2, 0) is 18.3 Å². The van der Waals surface area contributed by atoms with Gasteiger partial charge in [0.15, 0.2) is 0 Å². The molecule has 0 saturated carbocycles. The largest absolute Gasteiger partial charge is 0.299 e. The minimum atomic E-state index is 0.250. The molecule has 4 nitrogen and oxygen atoms in total. The third-order valence-corrected chi connectivity index (χ3v) is 2.30. The van der Waals surface area contributed by atoms with Gasteiger partial charge in [-0.05, 0) is 5.92 Å². The first-order valence-corrected chi connectivity index (χ1v) is 4.98. The van der Waals surface area contributed by atoms with Crippen molar-refractivity contribution in [2.45, 2.75) is 33.1 Å². The molecule has 0 radical (unpaired) electrons. The molecule has 0 aliphatic heterocycles. The summed E-state index contributed by atoms with van der Waals surface area (Å²) >= 11 is 0. The highest BCUT2D eigenvalue weighted by Gasteiger charge is 2.10. The van der Waals surface area contributed by atoms with Crippen molar-refractivity contribution in [3.05, 3.63) is 11.9 Å². The van der Waals surface area contributed by atoms with Crippen molar-refractivity contribution in [2.75, 3.05) is 0 Å². The molecule has 0 aliphatic carbocycles. The highest BCUT2D eigenvalue weighted by Crippen LogP contribution is 2.08. The Morgan fingerprint density at radius 2 is 2.36 bits per heavy atom. The first-order valence-electron chi connectivity index (χ1n) is 4.98. The molecule has 1 aromatic rings. The minimum Gasteiger partial charge on any atom is -0.299 e. The zero-order chi connectivity index (χ0) is 10.6. The third-order valence-electron chi connectivity index (χ3n) is 2.30. The molecule has 14 heavy (non-hydrogen) atoms. The van der Waals surface area contributed by atoms with Crippen LogP contribution >= 0.6 is 0 Å². The van der Waals surface area contributed by atoms with Crippen molar-refractivity contribution < 1.29 is 4.79 Å². The van der Waals surface area contributed by atoms with Crippen LogP contribution in [0.5, 0.6) is 0 Å².